The monoisotopic (exact) mass is 429 g/mol. The highest BCUT2D eigenvalue weighted by Gasteiger charge is 2.49. The van der Waals surface area contributed by atoms with Crippen LogP contribution in [0.15, 0.2) is 54.2 Å². The summed E-state index contributed by atoms with van der Waals surface area (Å²) in [5, 5.41) is 25.2. The molecule has 10 heteroatoms. The van der Waals surface area contributed by atoms with Crippen LogP contribution >= 0.6 is 0 Å². The van der Waals surface area contributed by atoms with Crippen LogP contribution in [0.2, 0.25) is 0 Å². The topological polar surface area (TPSA) is 85.1 Å². The molecule has 4 heterocycles. The number of piperidine rings is 1. The molecule has 4 atom stereocenters. The van der Waals surface area contributed by atoms with E-state index in [2.05, 4.69) is 20.6 Å². The second-order valence-corrected chi connectivity index (χ2v) is 7.59. The van der Waals surface area contributed by atoms with Crippen molar-refractivity contribution in [3.05, 3.63) is 59.9 Å². The van der Waals surface area contributed by atoms with Gasteiger partial charge in [-0.2, -0.15) is 5.10 Å². The summed E-state index contributed by atoms with van der Waals surface area (Å²) in [7, 11) is 0. The summed E-state index contributed by atoms with van der Waals surface area (Å²) in [6, 6.07) is 7.68. The zero-order valence-electron chi connectivity index (χ0n) is 16.3. The Balaban J connectivity index is 1.32. The van der Waals surface area contributed by atoms with Crippen molar-refractivity contribution in [2.24, 2.45) is 0 Å². The molecule has 1 fully saturated rings. The van der Waals surface area contributed by atoms with Crippen LogP contribution in [0.3, 0.4) is 0 Å². The zero-order valence-corrected chi connectivity index (χ0v) is 16.3. The van der Waals surface area contributed by atoms with E-state index in [4.69, 9.17) is 4.74 Å². The third-order valence-corrected chi connectivity index (χ3v) is 5.49. The van der Waals surface area contributed by atoms with Crippen LogP contribution in [0.25, 0.3) is 16.9 Å². The molecule has 0 spiro atoms. The molecule has 0 radical (unpaired) electrons. The summed E-state index contributed by atoms with van der Waals surface area (Å²) in [6.07, 6.45) is -1.09. The number of aryl methyl sites for hydroxylation is 1. The van der Waals surface area contributed by atoms with E-state index in [0.29, 0.717) is 16.9 Å². The van der Waals surface area contributed by atoms with E-state index in [1.54, 1.807) is 35.1 Å². The van der Waals surface area contributed by atoms with Gasteiger partial charge in [-0.25, -0.2) is 17.9 Å². The number of phenols is 1. The molecule has 2 aliphatic heterocycles. The van der Waals surface area contributed by atoms with E-state index in [1.807, 2.05) is 13.0 Å². The number of aromatic hydroxyl groups is 1. The van der Waals surface area contributed by atoms with Crippen LogP contribution < -0.4 is 10.1 Å². The predicted molar refractivity (Wildman–Crippen MR) is 105 cm³/mol. The molecule has 0 saturated carbocycles. The molecule has 1 saturated heterocycles. The number of benzene rings is 1. The lowest BCUT2D eigenvalue weighted by Gasteiger charge is -2.32. The van der Waals surface area contributed by atoms with Crippen LogP contribution in [-0.4, -0.2) is 49.4 Å². The number of alkyl halides is 1. The number of fused-ring (bicyclic) bond motifs is 2. The number of ether oxygens (including phenoxy) is 1. The molecule has 31 heavy (non-hydrogen) atoms. The van der Waals surface area contributed by atoms with Crippen molar-refractivity contribution >= 4 is 0 Å². The van der Waals surface area contributed by atoms with Crippen molar-refractivity contribution in [2.45, 2.75) is 37.7 Å². The molecule has 7 nitrogen and oxygen atoms in total. The van der Waals surface area contributed by atoms with Crippen LogP contribution in [-0.2, 0) is 0 Å². The number of hydrogen-bond donors (Lipinski definition) is 2. The Morgan fingerprint density at radius 1 is 1.13 bits per heavy atom. The first-order valence-electron chi connectivity index (χ1n) is 9.72. The molecule has 2 bridgehead atoms. The fraction of sp³-hybridized carbons (Fsp3) is 0.286. The summed E-state index contributed by atoms with van der Waals surface area (Å²) < 4.78 is 49.1. The lowest BCUT2D eigenvalue weighted by atomic mass is 9.99. The second-order valence-electron chi connectivity index (χ2n) is 7.59. The van der Waals surface area contributed by atoms with Crippen molar-refractivity contribution in [2.75, 3.05) is 0 Å². The molecular formula is C21H18F3N5O2. The van der Waals surface area contributed by atoms with E-state index < -0.39 is 36.0 Å². The molecule has 2 N–H and O–H groups in total. The Hall–Kier alpha value is -3.40. The molecule has 0 amide bonds. The van der Waals surface area contributed by atoms with Crippen molar-refractivity contribution < 1.29 is 23.0 Å². The van der Waals surface area contributed by atoms with Gasteiger partial charge in [0.15, 0.2) is 17.8 Å². The van der Waals surface area contributed by atoms with Gasteiger partial charge in [0.05, 0.1) is 29.2 Å². The molecule has 1 aromatic carbocycles. The smallest absolute Gasteiger partial charge is 0.233 e. The van der Waals surface area contributed by atoms with Gasteiger partial charge < -0.3 is 9.84 Å². The highest BCUT2D eigenvalue weighted by Crippen LogP contribution is 2.37. The number of nitrogens with zero attached hydrogens (tertiary/aromatic N) is 4. The van der Waals surface area contributed by atoms with Crippen LogP contribution in [0.5, 0.6) is 11.6 Å². The summed E-state index contributed by atoms with van der Waals surface area (Å²) in [6.45, 7) is 1.87. The van der Waals surface area contributed by atoms with Crippen molar-refractivity contribution in [1.29, 1.82) is 0 Å². The van der Waals surface area contributed by atoms with Crippen LogP contribution in [0.4, 0.5) is 13.2 Å². The standard InChI is InChI=1S/C21H18F3N5O2/c1-10-6-7-29(28-10)11-2-3-12(15(30)8-11)13-4-5-17(27-26-13)31-16-9-14-18(22)20(24)21(25-14)19(16)23/h2-8,14,16,19,21,25,30H,9H2,1H3. The molecular weight excluding hydrogens is 411 g/mol. The molecule has 3 aromatic rings. The molecule has 5 rings (SSSR count). The quantitative estimate of drug-likeness (QED) is 0.662. The molecule has 0 aliphatic carbocycles. The van der Waals surface area contributed by atoms with Crippen molar-refractivity contribution in [1.82, 2.24) is 25.3 Å². The predicted octanol–water partition coefficient (Wildman–Crippen LogP) is 3.32. The molecule has 4 unspecified atom stereocenters. The van der Waals surface area contributed by atoms with Gasteiger partial charge in [0, 0.05) is 30.3 Å². The van der Waals surface area contributed by atoms with Crippen molar-refractivity contribution in [3.8, 4) is 28.6 Å². The molecule has 160 valence electrons. The summed E-state index contributed by atoms with van der Waals surface area (Å²) in [5.74, 6) is -2.05. The average Bonchev–Trinajstić information content (AvgIpc) is 3.30. The first-order valence-corrected chi connectivity index (χ1v) is 9.72. The van der Waals surface area contributed by atoms with Gasteiger partial charge >= 0.3 is 0 Å². The highest BCUT2D eigenvalue weighted by atomic mass is 19.2. The van der Waals surface area contributed by atoms with E-state index in [0.717, 1.165) is 5.69 Å². The Morgan fingerprint density at radius 2 is 1.97 bits per heavy atom. The zero-order chi connectivity index (χ0) is 21.7. The number of hydrogen-bond acceptors (Lipinski definition) is 6. The largest absolute Gasteiger partial charge is 0.507 e. The normalized spacial score (nSPS) is 25.2. The minimum absolute atomic E-state index is 0.00982. The Labute approximate surface area is 175 Å². The van der Waals surface area contributed by atoms with Gasteiger partial charge in [-0.3, -0.25) is 5.32 Å². The summed E-state index contributed by atoms with van der Waals surface area (Å²) in [4.78, 5) is 0. The lowest BCUT2D eigenvalue weighted by molar-refractivity contribution is 0.0405. The van der Waals surface area contributed by atoms with Crippen LogP contribution in [0.1, 0.15) is 12.1 Å². The van der Waals surface area contributed by atoms with E-state index >= 15 is 0 Å². The first kappa shape index (κ1) is 19.6. The number of nitrogens with one attached hydrogen (secondary N) is 1. The average molecular weight is 429 g/mol. The van der Waals surface area contributed by atoms with Gasteiger partial charge in [-0.1, -0.05) is 0 Å². The lowest BCUT2D eigenvalue weighted by Crippen LogP contribution is -2.53. The molecule has 2 aromatic heterocycles. The minimum atomic E-state index is -1.76. The fourth-order valence-corrected chi connectivity index (χ4v) is 3.89. The van der Waals surface area contributed by atoms with Gasteiger partial charge in [-0.15, -0.1) is 10.2 Å². The number of phenolic OH excluding ortho intramolecular Hbond substituents is 1. The van der Waals surface area contributed by atoms with E-state index in [1.165, 1.54) is 6.07 Å². The van der Waals surface area contributed by atoms with E-state index in [-0.39, 0.29) is 18.1 Å². The van der Waals surface area contributed by atoms with Crippen LogP contribution in [0, 0.1) is 6.92 Å². The fourth-order valence-electron chi connectivity index (χ4n) is 3.89. The Kier molecular flexibility index (Phi) is 4.66. The number of halogens is 3. The van der Waals surface area contributed by atoms with Gasteiger partial charge in [0.2, 0.25) is 5.88 Å². The van der Waals surface area contributed by atoms with Gasteiger partial charge in [-0.05, 0) is 31.2 Å². The maximum absolute atomic E-state index is 14.5. The van der Waals surface area contributed by atoms with Gasteiger partial charge in [0.25, 0.3) is 0 Å². The third kappa shape index (κ3) is 3.42. The Bertz CT molecular complexity index is 1160. The summed E-state index contributed by atoms with van der Waals surface area (Å²) in [5.41, 5.74) is 2.37. The number of aromatic nitrogens is 4. The second kappa shape index (κ2) is 7.38. The minimum Gasteiger partial charge on any atom is -0.507 e. The number of rotatable bonds is 4. The Morgan fingerprint density at radius 3 is 2.65 bits per heavy atom. The molecule has 2 aliphatic rings. The third-order valence-electron chi connectivity index (χ3n) is 5.49. The van der Waals surface area contributed by atoms with E-state index in [9.17, 15) is 18.3 Å². The van der Waals surface area contributed by atoms with Gasteiger partial charge in [0.1, 0.15) is 11.9 Å². The van der Waals surface area contributed by atoms with Crippen molar-refractivity contribution in [3.63, 3.8) is 0 Å². The maximum atomic E-state index is 14.5. The highest BCUT2D eigenvalue weighted by molar-refractivity contribution is 5.68. The summed E-state index contributed by atoms with van der Waals surface area (Å²) >= 11 is 0. The SMILES string of the molecule is Cc1ccn(-c2ccc(-c3ccc(OC4CC5NC(C(F)=C5F)C4F)nn3)c(O)c2)n1. The first-order chi connectivity index (χ1) is 14.9. The maximum Gasteiger partial charge on any atom is 0.233 e.